The number of nitrogens with one attached hydrogen (secondary N) is 1. The van der Waals surface area contributed by atoms with Crippen LogP contribution in [0, 0.1) is 0 Å². The second-order valence-corrected chi connectivity index (χ2v) is 5.12. The van der Waals surface area contributed by atoms with E-state index in [4.69, 9.17) is 5.73 Å². The minimum Gasteiger partial charge on any atom is -0.324 e. The van der Waals surface area contributed by atoms with E-state index in [2.05, 4.69) is 12.2 Å². The monoisotopic (exact) mass is 252 g/mol. The summed E-state index contributed by atoms with van der Waals surface area (Å²) in [5.74, 6) is 0.879. The normalized spacial score (nSPS) is 12.2. The minimum atomic E-state index is -0.417. The third-order valence-electron chi connectivity index (χ3n) is 2.38. The minimum absolute atomic E-state index is 0.101. The van der Waals surface area contributed by atoms with Gasteiger partial charge in [-0.3, -0.25) is 4.79 Å². The summed E-state index contributed by atoms with van der Waals surface area (Å²) in [7, 11) is 0. The summed E-state index contributed by atoms with van der Waals surface area (Å²) in [6.07, 6.45) is 1.63. The molecule has 1 aromatic carbocycles. The van der Waals surface area contributed by atoms with E-state index in [9.17, 15) is 4.79 Å². The standard InChI is InChI=1S/C13H20N2OS/c1-3-7-10(14)13(16)15-11-8-5-6-9-12(11)17-4-2/h5-6,8-10H,3-4,7,14H2,1-2H3,(H,15,16)/t10-/m1/s1. The van der Waals surface area contributed by atoms with Crippen molar-refractivity contribution >= 4 is 23.4 Å². The van der Waals surface area contributed by atoms with E-state index in [1.165, 1.54) is 0 Å². The van der Waals surface area contributed by atoms with Crippen molar-refractivity contribution in [2.75, 3.05) is 11.1 Å². The molecule has 0 saturated heterocycles. The van der Waals surface area contributed by atoms with Gasteiger partial charge >= 0.3 is 0 Å². The van der Waals surface area contributed by atoms with Crippen LogP contribution in [0.5, 0.6) is 0 Å². The highest BCUT2D eigenvalue weighted by Gasteiger charge is 2.13. The van der Waals surface area contributed by atoms with E-state index >= 15 is 0 Å². The highest BCUT2D eigenvalue weighted by molar-refractivity contribution is 7.99. The van der Waals surface area contributed by atoms with Gasteiger partial charge in [0, 0.05) is 4.90 Å². The summed E-state index contributed by atoms with van der Waals surface area (Å²) < 4.78 is 0. The number of hydrogen-bond donors (Lipinski definition) is 2. The van der Waals surface area contributed by atoms with Crippen LogP contribution in [0.2, 0.25) is 0 Å². The van der Waals surface area contributed by atoms with Crippen LogP contribution in [0.15, 0.2) is 29.2 Å². The van der Waals surface area contributed by atoms with Crippen molar-refractivity contribution in [1.29, 1.82) is 0 Å². The van der Waals surface area contributed by atoms with Crippen LogP contribution in [0.25, 0.3) is 0 Å². The molecule has 1 rings (SSSR count). The lowest BCUT2D eigenvalue weighted by Gasteiger charge is -2.13. The lowest BCUT2D eigenvalue weighted by atomic mass is 10.1. The molecular formula is C13H20N2OS. The fourth-order valence-corrected chi connectivity index (χ4v) is 2.28. The zero-order chi connectivity index (χ0) is 12.7. The topological polar surface area (TPSA) is 55.1 Å². The Morgan fingerprint density at radius 2 is 2.12 bits per heavy atom. The predicted molar refractivity (Wildman–Crippen MR) is 74.4 cm³/mol. The maximum Gasteiger partial charge on any atom is 0.241 e. The molecule has 0 fully saturated rings. The lowest BCUT2D eigenvalue weighted by Crippen LogP contribution is -2.35. The average molecular weight is 252 g/mol. The molecule has 0 aliphatic heterocycles. The Bertz CT molecular complexity index is 368. The van der Waals surface area contributed by atoms with Crippen molar-refractivity contribution < 1.29 is 4.79 Å². The summed E-state index contributed by atoms with van der Waals surface area (Å²) in [5.41, 5.74) is 6.64. The predicted octanol–water partition coefficient (Wildman–Crippen LogP) is 2.86. The third-order valence-corrected chi connectivity index (χ3v) is 3.34. The number of thioether (sulfide) groups is 1. The third kappa shape index (κ3) is 4.40. The zero-order valence-corrected chi connectivity index (χ0v) is 11.2. The number of carbonyl (C=O) groups excluding carboxylic acids is 1. The van der Waals surface area contributed by atoms with Crippen LogP contribution in [-0.2, 0) is 4.79 Å². The van der Waals surface area contributed by atoms with Gasteiger partial charge in [-0.25, -0.2) is 0 Å². The van der Waals surface area contributed by atoms with E-state index in [0.29, 0.717) is 0 Å². The molecule has 0 unspecified atom stereocenters. The number of benzene rings is 1. The molecule has 0 saturated carbocycles. The van der Waals surface area contributed by atoms with Crippen LogP contribution < -0.4 is 11.1 Å². The molecule has 0 radical (unpaired) electrons. The van der Waals surface area contributed by atoms with Crippen molar-refractivity contribution in [3.63, 3.8) is 0 Å². The Morgan fingerprint density at radius 3 is 2.76 bits per heavy atom. The van der Waals surface area contributed by atoms with Gasteiger partial charge in [0.15, 0.2) is 0 Å². The summed E-state index contributed by atoms with van der Waals surface area (Å²) >= 11 is 1.71. The van der Waals surface area contributed by atoms with Crippen molar-refractivity contribution in [2.24, 2.45) is 5.73 Å². The number of hydrogen-bond acceptors (Lipinski definition) is 3. The molecule has 94 valence electrons. The smallest absolute Gasteiger partial charge is 0.241 e. The molecule has 4 heteroatoms. The highest BCUT2D eigenvalue weighted by Crippen LogP contribution is 2.26. The van der Waals surface area contributed by atoms with E-state index in [1.54, 1.807) is 11.8 Å². The first kappa shape index (κ1) is 14.1. The molecule has 3 N–H and O–H groups in total. The van der Waals surface area contributed by atoms with Crippen LogP contribution in [0.1, 0.15) is 26.7 Å². The Labute approximate surface area is 107 Å². The molecule has 0 spiro atoms. The maximum atomic E-state index is 11.8. The molecular weight excluding hydrogens is 232 g/mol. The van der Waals surface area contributed by atoms with Gasteiger partial charge in [-0.2, -0.15) is 0 Å². The fraction of sp³-hybridized carbons (Fsp3) is 0.462. The SMILES string of the molecule is CCC[C@@H](N)C(=O)Nc1ccccc1SCC. The Balaban J connectivity index is 2.70. The molecule has 1 atom stereocenters. The summed E-state index contributed by atoms with van der Waals surface area (Å²) in [4.78, 5) is 12.9. The van der Waals surface area contributed by atoms with Crippen molar-refractivity contribution in [1.82, 2.24) is 0 Å². The number of rotatable bonds is 6. The number of amides is 1. The van der Waals surface area contributed by atoms with Crippen LogP contribution >= 0.6 is 11.8 Å². The van der Waals surface area contributed by atoms with E-state index < -0.39 is 6.04 Å². The van der Waals surface area contributed by atoms with Crippen LogP contribution in [-0.4, -0.2) is 17.7 Å². The van der Waals surface area contributed by atoms with Gasteiger partial charge < -0.3 is 11.1 Å². The molecule has 1 aromatic rings. The number of para-hydroxylation sites is 1. The fourth-order valence-electron chi connectivity index (χ4n) is 1.52. The van der Waals surface area contributed by atoms with E-state index in [-0.39, 0.29) is 5.91 Å². The Hall–Kier alpha value is -1.00. The van der Waals surface area contributed by atoms with Gasteiger partial charge in [0.25, 0.3) is 0 Å². The molecule has 17 heavy (non-hydrogen) atoms. The number of carbonyl (C=O) groups is 1. The van der Waals surface area contributed by atoms with Crippen molar-refractivity contribution in [2.45, 2.75) is 37.6 Å². The van der Waals surface area contributed by atoms with Crippen LogP contribution in [0.3, 0.4) is 0 Å². The van der Waals surface area contributed by atoms with Crippen molar-refractivity contribution in [3.8, 4) is 0 Å². The average Bonchev–Trinajstić information content (AvgIpc) is 2.32. The quantitative estimate of drug-likeness (QED) is 0.765. The van der Waals surface area contributed by atoms with Gasteiger partial charge in [-0.1, -0.05) is 32.4 Å². The number of anilines is 1. The summed E-state index contributed by atoms with van der Waals surface area (Å²) in [6.45, 7) is 4.11. The Kier molecular flexibility index (Phi) is 6.08. The van der Waals surface area contributed by atoms with E-state index in [0.717, 1.165) is 29.2 Å². The Morgan fingerprint density at radius 1 is 1.41 bits per heavy atom. The second-order valence-electron chi connectivity index (χ2n) is 3.81. The highest BCUT2D eigenvalue weighted by atomic mass is 32.2. The van der Waals surface area contributed by atoms with Gasteiger partial charge in [0.2, 0.25) is 5.91 Å². The largest absolute Gasteiger partial charge is 0.324 e. The maximum absolute atomic E-state index is 11.8. The molecule has 0 aliphatic rings. The molecule has 0 heterocycles. The molecule has 1 amide bonds. The first-order chi connectivity index (χ1) is 8.19. The number of nitrogens with two attached hydrogens (primary N) is 1. The lowest BCUT2D eigenvalue weighted by molar-refractivity contribution is -0.117. The molecule has 0 aliphatic carbocycles. The van der Waals surface area contributed by atoms with Gasteiger partial charge in [0.05, 0.1) is 11.7 Å². The van der Waals surface area contributed by atoms with Gasteiger partial charge in [-0.05, 0) is 24.3 Å². The molecule has 0 bridgehead atoms. The van der Waals surface area contributed by atoms with Crippen molar-refractivity contribution in [3.05, 3.63) is 24.3 Å². The summed E-state index contributed by atoms with van der Waals surface area (Å²) in [5, 5.41) is 2.90. The molecule has 3 nitrogen and oxygen atoms in total. The first-order valence-electron chi connectivity index (χ1n) is 5.97. The molecule has 0 aromatic heterocycles. The second kappa shape index (κ2) is 7.35. The van der Waals surface area contributed by atoms with Crippen LogP contribution in [0.4, 0.5) is 5.69 Å². The van der Waals surface area contributed by atoms with Gasteiger partial charge in [0.1, 0.15) is 0 Å². The first-order valence-corrected chi connectivity index (χ1v) is 6.95. The van der Waals surface area contributed by atoms with E-state index in [1.807, 2.05) is 31.2 Å². The zero-order valence-electron chi connectivity index (χ0n) is 10.4. The van der Waals surface area contributed by atoms with Gasteiger partial charge in [-0.15, -0.1) is 11.8 Å². The summed E-state index contributed by atoms with van der Waals surface area (Å²) in [6, 6.07) is 7.39.